The van der Waals surface area contributed by atoms with Crippen LogP contribution in [0.1, 0.15) is 94.9 Å². The van der Waals surface area contributed by atoms with E-state index in [-0.39, 0.29) is 0 Å². The predicted molar refractivity (Wildman–Crippen MR) is 96.1 cm³/mol. The van der Waals surface area contributed by atoms with Gasteiger partial charge in [0.25, 0.3) is 0 Å². The van der Waals surface area contributed by atoms with E-state index in [2.05, 4.69) is 69.2 Å². The third-order valence-electron chi connectivity index (χ3n) is 4.67. The first-order chi connectivity index (χ1) is 9.07. The quantitative estimate of drug-likeness (QED) is 0.434. The highest BCUT2D eigenvalue weighted by Crippen LogP contribution is 2.19. The third kappa shape index (κ3) is 16.1. The first kappa shape index (κ1) is 22.3. The van der Waals surface area contributed by atoms with Crippen LogP contribution >= 0.6 is 0 Å². The van der Waals surface area contributed by atoms with Crippen LogP contribution in [0.3, 0.4) is 0 Å². The van der Waals surface area contributed by atoms with Gasteiger partial charge in [0.2, 0.25) is 0 Å². The molecule has 0 aliphatic rings. The lowest BCUT2D eigenvalue weighted by molar-refractivity contribution is 0.358. The average Bonchev–Trinajstić information content (AvgIpc) is 2.33. The normalized spacial score (nSPS) is 14.7. The Bertz CT molecular complexity index is 166. The molecule has 0 N–H and O–H groups in total. The Hall–Kier alpha value is 0. The fourth-order valence-corrected chi connectivity index (χ4v) is 1.86. The second-order valence-corrected chi connectivity index (χ2v) is 8.38. The van der Waals surface area contributed by atoms with Crippen molar-refractivity contribution < 1.29 is 0 Å². The lowest BCUT2D eigenvalue weighted by Gasteiger charge is -2.15. The molecule has 0 heteroatoms. The Morgan fingerprint density at radius 3 is 0.800 bits per heavy atom. The molecule has 0 aliphatic heterocycles. The van der Waals surface area contributed by atoms with Crippen molar-refractivity contribution in [1.29, 1.82) is 0 Å². The molecule has 0 aromatic rings. The molecule has 0 aromatic carbocycles. The van der Waals surface area contributed by atoms with Gasteiger partial charge in [-0.2, -0.15) is 0 Å². The fraction of sp³-hybridized carbons (Fsp3) is 1.00. The van der Waals surface area contributed by atoms with Gasteiger partial charge in [0.1, 0.15) is 0 Å². The SMILES string of the molecule is CC(C)CCC(C)C(C)C.CC(C)CCC(C)C(C)C. The molecule has 20 heavy (non-hydrogen) atoms. The van der Waals surface area contributed by atoms with Crippen molar-refractivity contribution in [3.63, 3.8) is 0 Å². The second-order valence-electron chi connectivity index (χ2n) is 8.38. The van der Waals surface area contributed by atoms with Crippen LogP contribution in [0.2, 0.25) is 0 Å². The van der Waals surface area contributed by atoms with Crippen LogP contribution in [0, 0.1) is 35.5 Å². The highest BCUT2D eigenvalue weighted by Gasteiger charge is 2.07. The molecule has 0 bridgehead atoms. The van der Waals surface area contributed by atoms with Crippen molar-refractivity contribution >= 4 is 0 Å². The minimum absolute atomic E-state index is 0.860. The molecule has 0 amide bonds. The Labute approximate surface area is 131 Å². The van der Waals surface area contributed by atoms with Gasteiger partial charge in [-0.05, 0) is 35.5 Å². The fourth-order valence-electron chi connectivity index (χ4n) is 1.86. The Morgan fingerprint density at radius 1 is 0.400 bits per heavy atom. The van der Waals surface area contributed by atoms with E-state index in [9.17, 15) is 0 Å². The summed E-state index contributed by atoms with van der Waals surface area (Å²) in [7, 11) is 0. The van der Waals surface area contributed by atoms with Gasteiger partial charge >= 0.3 is 0 Å². The first-order valence-corrected chi connectivity index (χ1v) is 9.07. The number of hydrogen-bond donors (Lipinski definition) is 0. The second kappa shape index (κ2) is 12.7. The Balaban J connectivity index is 0. The Kier molecular flexibility index (Phi) is 14.2. The van der Waals surface area contributed by atoms with E-state index in [1.165, 1.54) is 25.7 Å². The van der Waals surface area contributed by atoms with Crippen molar-refractivity contribution in [3.05, 3.63) is 0 Å². The molecule has 2 unspecified atom stereocenters. The van der Waals surface area contributed by atoms with Crippen LogP contribution in [0.5, 0.6) is 0 Å². The smallest absolute Gasteiger partial charge is 0.0420 e. The molecule has 0 rings (SSSR count). The lowest BCUT2D eigenvalue weighted by Crippen LogP contribution is -2.04. The summed E-state index contributed by atoms with van der Waals surface area (Å²) >= 11 is 0. The molecule has 0 heterocycles. The van der Waals surface area contributed by atoms with Gasteiger partial charge in [-0.15, -0.1) is 0 Å². The molecule has 2 atom stereocenters. The zero-order chi connectivity index (χ0) is 16.3. The van der Waals surface area contributed by atoms with Gasteiger partial charge in [0.15, 0.2) is 0 Å². The van der Waals surface area contributed by atoms with E-state index >= 15 is 0 Å². The van der Waals surface area contributed by atoms with Crippen LogP contribution in [-0.4, -0.2) is 0 Å². The standard InChI is InChI=1S/2C10H22/c2*1-8(2)6-7-10(5)9(3)4/h2*8-10H,6-7H2,1-5H3. The summed E-state index contributed by atoms with van der Waals surface area (Å²) in [5, 5.41) is 0. The number of rotatable bonds is 8. The zero-order valence-corrected chi connectivity index (χ0v) is 16.3. The van der Waals surface area contributed by atoms with E-state index < -0.39 is 0 Å². The summed E-state index contributed by atoms with van der Waals surface area (Å²) in [6, 6.07) is 0. The van der Waals surface area contributed by atoms with Crippen molar-refractivity contribution in [2.45, 2.75) is 94.9 Å². The molecule has 0 fully saturated rings. The minimum Gasteiger partial charge on any atom is -0.0628 e. The molecule has 124 valence electrons. The van der Waals surface area contributed by atoms with Crippen LogP contribution < -0.4 is 0 Å². The molecule has 0 saturated heterocycles. The zero-order valence-electron chi connectivity index (χ0n) is 16.3. The molecular formula is C20H44. The predicted octanol–water partition coefficient (Wildman–Crippen LogP) is 7.43. The first-order valence-electron chi connectivity index (χ1n) is 9.07. The summed E-state index contributed by atoms with van der Waals surface area (Å²) in [6.07, 6.45) is 5.57. The third-order valence-corrected chi connectivity index (χ3v) is 4.67. The monoisotopic (exact) mass is 284 g/mol. The average molecular weight is 285 g/mol. The van der Waals surface area contributed by atoms with E-state index in [0.29, 0.717) is 0 Å². The largest absolute Gasteiger partial charge is 0.0628 e. The summed E-state index contributed by atoms with van der Waals surface area (Å²) in [6.45, 7) is 23.1. The molecule has 0 saturated carbocycles. The van der Waals surface area contributed by atoms with Crippen LogP contribution in [0.25, 0.3) is 0 Å². The Morgan fingerprint density at radius 2 is 0.650 bits per heavy atom. The maximum atomic E-state index is 2.35. The minimum atomic E-state index is 0.860. The van der Waals surface area contributed by atoms with Gasteiger partial charge in [-0.3, -0.25) is 0 Å². The molecule has 0 nitrogen and oxygen atoms in total. The van der Waals surface area contributed by atoms with Crippen LogP contribution in [0.4, 0.5) is 0 Å². The van der Waals surface area contributed by atoms with Gasteiger partial charge in [0.05, 0.1) is 0 Å². The van der Waals surface area contributed by atoms with Gasteiger partial charge in [-0.25, -0.2) is 0 Å². The summed E-state index contributed by atoms with van der Waals surface area (Å²) in [5.41, 5.74) is 0. The molecular weight excluding hydrogens is 240 g/mol. The van der Waals surface area contributed by atoms with E-state index in [1.807, 2.05) is 0 Å². The van der Waals surface area contributed by atoms with Crippen LogP contribution in [-0.2, 0) is 0 Å². The molecule has 0 aliphatic carbocycles. The van der Waals surface area contributed by atoms with Crippen molar-refractivity contribution in [2.24, 2.45) is 35.5 Å². The highest BCUT2D eigenvalue weighted by molar-refractivity contribution is 4.59. The number of hydrogen-bond acceptors (Lipinski definition) is 0. The van der Waals surface area contributed by atoms with Crippen molar-refractivity contribution in [3.8, 4) is 0 Å². The van der Waals surface area contributed by atoms with Crippen molar-refractivity contribution in [1.82, 2.24) is 0 Å². The van der Waals surface area contributed by atoms with Crippen molar-refractivity contribution in [2.75, 3.05) is 0 Å². The van der Waals surface area contributed by atoms with E-state index in [1.54, 1.807) is 0 Å². The van der Waals surface area contributed by atoms with E-state index in [4.69, 9.17) is 0 Å². The summed E-state index contributed by atoms with van der Waals surface area (Å²) in [5.74, 6) is 5.28. The molecule has 0 radical (unpaired) electrons. The van der Waals surface area contributed by atoms with Gasteiger partial charge in [0, 0.05) is 0 Å². The highest BCUT2D eigenvalue weighted by atomic mass is 14.1. The summed E-state index contributed by atoms with van der Waals surface area (Å²) < 4.78 is 0. The van der Waals surface area contributed by atoms with Gasteiger partial charge in [-0.1, -0.05) is 94.9 Å². The summed E-state index contributed by atoms with van der Waals surface area (Å²) in [4.78, 5) is 0. The molecule has 0 spiro atoms. The van der Waals surface area contributed by atoms with Crippen LogP contribution in [0.15, 0.2) is 0 Å². The maximum absolute atomic E-state index is 2.35. The molecule has 0 aromatic heterocycles. The van der Waals surface area contributed by atoms with Gasteiger partial charge < -0.3 is 0 Å². The van der Waals surface area contributed by atoms with E-state index in [0.717, 1.165) is 35.5 Å². The lowest BCUT2D eigenvalue weighted by atomic mass is 9.91. The maximum Gasteiger partial charge on any atom is -0.0420 e. The topological polar surface area (TPSA) is 0 Å².